The van der Waals surface area contributed by atoms with Gasteiger partial charge in [-0.05, 0) is 81.6 Å². The summed E-state index contributed by atoms with van der Waals surface area (Å²) in [4.78, 5) is 18.2. The SMILES string of the molecule is COc1ccc(-c2csc(N(C)CCCOc3cc(C)c(OC(C)(C)C(=O)O)cc3C)n2)cc1. The van der Waals surface area contributed by atoms with Gasteiger partial charge in [-0.1, -0.05) is 0 Å². The average Bonchev–Trinajstić information content (AvgIpc) is 3.29. The van der Waals surface area contributed by atoms with E-state index in [0.717, 1.165) is 52.0 Å². The zero-order valence-corrected chi connectivity index (χ0v) is 21.4. The van der Waals surface area contributed by atoms with Crippen molar-refractivity contribution in [1.82, 2.24) is 4.98 Å². The second kappa shape index (κ2) is 10.8. The topological polar surface area (TPSA) is 81.1 Å². The number of hydrogen-bond donors (Lipinski definition) is 1. The molecule has 34 heavy (non-hydrogen) atoms. The summed E-state index contributed by atoms with van der Waals surface area (Å²) < 4.78 is 16.9. The van der Waals surface area contributed by atoms with E-state index in [1.165, 1.54) is 13.8 Å². The van der Waals surface area contributed by atoms with E-state index in [0.29, 0.717) is 12.4 Å². The van der Waals surface area contributed by atoms with Crippen LogP contribution in [0.2, 0.25) is 0 Å². The molecule has 0 radical (unpaired) electrons. The molecule has 0 aliphatic rings. The number of benzene rings is 2. The molecule has 0 bridgehead atoms. The van der Waals surface area contributed by atoms with Crippen LogP contribution in [-0.2, 0) is 4.79 Å². The Balaban J connectivity index is 1.53. The Morgan fingerprint density at radius 1 is 1.12 bits per heavy atom. The molecule has 2 aromatic carbocycles. The highest BCUT2D eigenvalue weighted by atomic mass is 32.1. The largest absolute Gasteiger partial charge is 0.497 e. The third-order valence-corrected chi connectivity index (χ3v) is 6.41. The second-order valence-electron chi connectivity index (χ2n) is 8.67. The van der Waals surface area contributed by atoms with E-state index in [1.54, 1.807) is 18.4 Å². The van der Waals surface area contributed by atoms with Gasteiger partial charge in [0.15, 0.2) is 10.7 Å². The van der Waals surface area contributed by atoms with Gasteiger partial charge in [-0.3, -0.25) is 0 Å². The number of aliphatic carboxylic acids is 1. The number of aryl methyl sites for hydroxylation is 2. The Morgan fingerprint density at radius 3 is 2.41 bits per heavy atom. The number of methoxy groups -OCH3 is 1. The van der Waals surface area contributed by atoms with E-state index in [1.807, 2.05) is 57.3 Å². The van der Waals surface area contributed by atoms with Gasteiger partial charge in [0.25, 0.3) is 0 Å². The van der Waals surface area contributed by atoms with Gasteiger partial charge < -0.3 is 24.2 Å². The van der Waals surface area contributed by atoms with Crippen LogP contribution in [0.5, 0.6) is 17.2 Å². The van der Waals surface area contributed by atoms with E-state index in [4.69, 9.17) is 19.2 Å². The number of carbonyl (C=O) groups is 1. The fraction of sp³-hybridized carbons (Fsp3) is 0.385. The molecule has 0 fully saturated rings. The number of ether oxygens (including phenoxy) is 3. The van der Waals surface area contributed by atoms with Crippen molar-refractivity contribution in [2.24, 2.45) is 0 Å². The average molecular weight is 485 g/mol. The maximum atomic E-state index is 11.4. The van der Waals surface area contributed by atoms with Crippen LogP contribution in [0.1, 0.15) is 31.4 Å². The van der Waals surface area contributed by atoms with Crippen molar-refractivity contribution < 1.29 is 24.1 Å². The first-order chi connectivity index (χ1) is 16.1. The minimum atomic E-state index is -1.30. The summed E-state index contributed by atoms with van der Waals surface area (Å²) in [5.74, 6) is 1.14. The summed E-state index contributed by atoms with van der Waals surface area (Å²) in [5.41, 5.74) is 2.45. The summed E-state index contributed by atoms with van der Waals surface area (Å²) in [5, 5.41) is 12.3. The van der Waals surface area contributed by atoms with E-state index >= 15 is 0 Å². The fourth-order valence-electron chi connectivity index (χ4n) is 3.26. The van der Waals surface area contributed by atoms with Crippen molar-refractivity contribution in [2.45, 2.75) is 39.7 Å². The molecule has 0 saturated carbocycles. The summed E-state index contributed by atoms with van der Waals surface area (Å²) >= 11 is 1.62. The van der Waals surface area contributed by atoms with Crippen LogP contribution in [0, 0.1) is 13.8 Å². The second-order valence-corrected chi connectivity index (χ2v) is 9.50. The van der Waals surface area contributed by atoms with Crippen LogP contribution >= 0.6 is 11.3 Å². The third kappa shape index (κ3) is 6.20. The first-order valence-corrected chi connectivity index (χ1v) is 12.0. The molecule has 0 spiro atoms. The minimum absolute atomic E-state index is 0.549. The number of anilines is 1. The number of thiazole rings is 1. The molecular formula is C26H32N2O5S. The molecular weight excluding hydrogens is 452 g/mol. The molecule has 1 N–H and O–H groups in total. The molecule has 0 amide bonds. The molecule has 3 rings (SSSR count). The van der Waals surface area contributed by atoms with Gasteiger partial charge in [0, 0.05) is 24.5 Å². The number of nitrogens with zero attached hydrogens (tertiary/aromatic N) is 2. The summed E-state index contributed by atoms with van der Waals surface area (Å²) in [6, 6.07) is 11.6. The van der Waals surface area contributed by atoms with Crippen molar-refractivity contribution >= 4 is 22.4 Å². The Bertz CT molecular complexity index is 1120. The molecule has 7 nitrogen and oxygen atoms in total. The van der Waals surface area contributed by atoms with Gasteiger partial charge in [0.2, 0.25) is 0 Å². The molecule has 0 atom stereocenters. The maximum Gasteiger partial charge on any atom is 0.347 e. The van der Waals surface area contributed by atoms with E-state index in [2.05, 4.69) is 10.3 Å². The molecule has 0 unspecified atom stereocenters. The number of rotatable bonds is 11. The van der Waals surface area contributed by atoms with Gasteiger partial charge in [0.05, 0.1) is 19.4 Å². The molecule has 1 aromatic heterocycles. The normalized spacial score (nSPS) is 11.2. The van der Waals surface area contributed by atoms with Crippen LogP contribution in [0.15, 0.2) is 41.8 Å². The Labute approximate surface area is 204 Å². The minimum Gasteiger partial charge on any atom is -0.497 e. The highest BCUT2D eigenvalue weighted by Gasteiger charge is 2.30. The van der Waals surface area contributed by atoms with Crippen molar-refractivity contribution in [2.75, 3.05) is 32.2 Å². The zero-order chi connectivity index (χ0) is 24.9. The van der Waals surface area contributed by atoms with Crippen molar-refractivity contribution in [3.63, 3.8) is 0 Å². The monoisotopic (exact) mass is 484 g/mol. The lowest BCUT2D eigenvalue weighted by molar-refractivity contribution is -0.152. The first-order valence-electron chi connectivity index (χ1n) is 11.1. The molecule has 3 aromatic rings. The van der Waals surface area contributed by atoms with E-state index in [-0.39, 0.29) is 0 Å². The third-order valence-electron chi connectivity index (χ3n) is 5.45. The lowest BCUT2D eigenvalue weighted by Gasteiger charge is -2.23. The zero-order valence-electron chi connectivity index (χ0n) is 20.5. The standard InChI is InChI=1S/C26H32N2O5S/c1-17-15-23(33-26(3,4)24(29)30)18(2)14-22(17)32-13-7-12-28(5)25-27-21(16-34-25)19-8-10-20(31-6)11-9-19/h8-11,14-16H,7,12-13H2,1-6H3,(H,29,30). The Kier molecular flexibility index (Phi) is 8.04. The van der Waals surface area contributed by atoms with E-state index in [9.17, 15) is 9.90 Å². The van der Waals surface area contributed by atoms with Crippen molar-refractivity contribution in [1.29, 1.82) is 0 Å². The molecule has 1 heterocycles. The number of aromatic nitrogens is 1. The molecule has 8 heteroatoms. The van der Waals surface area contributed by atoms with Gasteiger partial charge in [-0.2, -0.15) is 0 Å². The number of carboxylic acid groups (broad SMARTS) is 1. The lowest BCUT2D eigenvalue weighted by Crippen LogP contribution is -2.38. The highest BCUT2D eigenvalue weighted by Crippen LogP contribution is 2.31. The van der Waals surface area contributed by atoms with Crippen LogP contribution in [-0.4, -0.2) is 49.0 Å². The van der Waals surface area contributed by atoms with Crippen molar-refractivity contribution in [3.05, 3.63) is 52.9 Å². The van der Waals surface area contributed by atoms with Gasteiger partial charge >= 0.3 is 5.97 Å². The number of hydrogen-bond acceptors (Lipinski definition) is 7. The van der Waals surface area contributed by atoms with Crippen LogP contribution in [0.3, 0.4) is 0 Å². The molecule has 0 aliphatic carbocycles. The predicted octanol–water partition coefficient (Wildman–Crippen LogP) is 5.58. The van der Waals surface area contributed by atoms with Crippen LogP contribution in [0.4, 0.5) is 5.13 Å². The lowest BCUT2D eigenvalue weighted by atomic mass is 10.1. The predicted molar refractivity (Wildman–Crippen MR) is 136 cm³/mol. The first kappa shape index (κ1) is 25.4. The summed E-state index contributed by atoms with van der Waals surface area (Å²) in [7, 11) is 3.69. The number of carboxylic acids is 1. The Morgan fingerprint density at radius 2 is 1.76 bits per heavy atom. The molecule has 182 valence electrons. The summed E-state index contributed by atoms with van der Waals surface area (Å²) in [6.45, 7) is 8.25. The molecule has 0 aliphatic heterocycles. The Hall–Kier alpha value is -3.26. The van der Waals surface area contributed by atoms with Crippen LogP contribution in [0.25, 0.3) is 11.3 Å². The highest BCUT2D eigenvalue weighted by molar-refractivity contribution is 7.14. The van der Waals surface area contributed by atoms with Gasteiger partial charge in [-0.15, -0.1) is 11.3 Å². The fourth-order valence-corrected chi connectivity index (χ4v) is 4.09. The maximum absolute atomic E-state index is 11.4. The van der Waals surface area contributed by atoms with Gasteiger partial charge in [-0.25, -0.2) is 9.78 Å². The van der Waals surface area contributed by atoms with Crippen molar-refractivity contribution in [3.8, 4) is 28.5 Å². The quantitative estimate of drug-likeness (QED) is 0.356. The van der Waals surface area contributed by atoms with E-state index < -0.39 is 11.6 Å². The summed E-state index contributed by atoms with van der Waals surface area (Å²) in [6.07, 6.45) is 0.830. The molecule has 0 saturated heterocycles. The van der Waals surface area contributed by atoms with Crippen LogP contribution < -0.4 is 19.1 Å². The smallest absolute Gasteiger partial charge is 0.347 e. The van der Waals surface area contributed by atoms with Gasteiger partial charge in [0.1, 0.15) is 17.2 Å².